The number of likely N-dealkylation sites (N-methyl/N-ethyl adjacent to an activating group) is 1. The van der Waals surface area contributed by atoms with E-state index in [0.717, 1.165) is 18.9 Å². The Balaban J connectivity index is 1.65. The van der Waals surface area contributed by atoms with Crippen molar-refractivity contribution in [3.05, 3.63) is 30.3 Å². The van der Waals surface area contributed by atoms with Crippen molar-refractivity contribution in [1.82, 2.24) is 4.90 Å². The van der Waals surface area contributed by atoms with E-state index in [-0.39, 0.29) is 0 Å². The molecule has 33 heavy (non-hydrogen) atoms. The SMILES string of the molecule is CN(C)CCOCCOCCOCCOCCOCCOCCOCCOc1ccccc1. The summed E-state index contributed by atoms with van der Waals surface area (Å²) >= 11 is 0. The van der Waals surface area contributed by atoms with Gasteiger partial charge in [0.05, 0.1) is 92.5 Å². The Labute approximate surface area is 199 Å². The van der Waals surface area contributed by atoms with Crippen molar-refractivity contribution in [3.8, 4) is 5.75 Å². The zero-order chi connectivity index (χ0) is 23.7. The van der Waals surface area contributed by atoms with Crippen molar-refractivity contribution >= 4 is 0 Å². The molecule has 0 aliphatic rings. The summed E-state index contributed by atoms with van der Waals surface area (Å²) in [5, 5.41) is 0. The highest BCUT2D eigenvalue weighted by molar-refractivity contribution is 5.20. The van der Waals surface area contributed by atoms with Gasteiger partial charge in [0, 0.05) is 6.54 Å². The molecule has 0 aromatic heterocycles. The number of rotatable bonds is 25. The van der Waals surface area contributed by atoms with E-state index >= 15 is 0 Å². The molecule has 0 saturated carbocycles. The Morgan fingerprint density at radius 1 is 0.455 bits per heavy atom. The Morgan fingerprint density at radius 3 is 1.15 bits per heavy atom. The van der Waals surface area contributed by atoms with Crippen molar-refractivity contribution in [2.75, 3.05) is 120 Å². The van der Waals surface area contributed by atoms with Gasteiger partial charge in [0.1, 0.15) is 12.4 Å². The van der Waals surface area contributed by atoms with Crippen LogP contribution in [-0.4, -0.2) is 125 Å². The van der Waals surface area contributed by atoms with Gasteiger partial charge in [-0.05, 0) is 26.2 Å². The minimum absolute atomic E-state index is 0.527. The summed E-state index contributed by atoms with van der Waals surface area (Å²) in [4.78, 5) is 2.09. The number of hydrogen-bond donors (Lipinski definition) is 0. The van der Waals surface area contributed by atoms with Crippen LogP contribution in [0.15, 0.2) is 30.3 Å². The minimum atomic E-state index is 0.527. The monoisotopic (exact) mass is 473 g/mol. The van der Waals surface area contributed by atoms with Crippen molar-refractivity contribution in [2.24, 2.45) is 0 Å². The Morgan fingerprint density at radius 2 is 0.788 bits per heavy atom. The summed E-state index contributed by atoms with van der Waals surface area (Å²) in [6, 6.07) is 9.69. The van der Waals surface area contributed by atoms with Gasteiger partial charge in [-0.1, -0.05) is 18.2 Å². The molecule has 1 rings (SSSR count). The number of ether oxygens (including phenoxy) is 8. The van der Waals surface area contributed by atoms with Gasteiger partial charge in [0.15, 0.2) is 0 Å². The molecule has 0 atom stereocenters. The van der Waals surface area contributed by atoms with E-state index in [1.54, 1.807) is 0 Å². The first-order valence-electron chi connectivity index (χ1n) is 11.7. The van der Waals surface area contributed by atoms with Gasteiger partial charge in [0.2, 0.25) is 0 Å². The van der Waals surface area contributed by atoms with Crippen LogP contribution in [0.4, 0.5) is 0 Å². The average molecular weight is 474 g/mol. The second-order valence-corrected chi connectivity index (χ2v) is 7.25. The summed E-state index contributed by atoms with van der Waals surface area (Å²) in [6.45, 7) is 9.33. The standard InChI is InChI=1S/C24H43NO8/c1-25(2)8-9-26-10-11-27-12-13-28-14-15-29-16-17-30-18-19-31-20-21-32-22-23-33-24-6-4-3-5-7-24/h3-7H,8-23H2,1-2H3. The molecule has 0 aliphatic heterocycles. The Bertz CT molecular complexity index is 506. The molecule has 0 aliphatic carbocycles. The molecule has 0 spiro atoms. The maximum absolute atomic E-state index is 5.54. The molecular weight excluding hydrogens is 430 g/mol. The molecular formula is C24H43NO8. The summed E-state index contributed by atoms with van der Waals surface area (Å²) in [5.41, 5.74) is 0. The lowest BCUT2D eigenvalue weighted by Crippen LogP contribution is -2.19. The van der Waals surface area contributed by atoms with Crippen molar-refractivity contribution in [1.29, 1.82) is 0 Å². The van der Waals surface area contributed by atoms with E-state index in [0.29, 0.717) is 92.5 Å². The van der Waals surface area contributed by atoms with Crippen LogP contribution in [0, 0.1) is 0 Å². The van der Waals surface area contributed by atoms with Crippen molar-refractivity contribution in [2.45, 2.75) is 0 Å². The van der Waals surface area contributed by atoms with E-state index in [9.17, 15) is 0 Å². The van der Waals surface area contributed by atoms with Gasteiger partial charge >= 0.3 is 0 Å². The van der Waals surface area contributed by atoms with Gasteiger partial charge in [0.25, 0.3) is 0 Å². The van der Waals surface area contributed by atoms with Crippen LogP contribution in [0.25, 0.3) is 0 Å². The Hall–Kier alpha value is -1.30. The van der Waals surface area contributed by atoms with Gasteiger partial charge in [-0.15, -0.1) is 0 Å². The smallest absolute Gasteiger partial charge is 0.119 e. The molecule has 0 bridgehead atoms. The molecule has 0 N–H and O–H groups in total. The summed E-state index contributed by atoms with van der Waals surface area (Å²) < 4.78 is 43.7. The lowest BCUT2D eigenvalue weighted by molar-refractivity contribution is -0.0214. The third-order valence-corrected chi connectivity index (χ3v) is 4.15. The van der Waals surface area contributed by atoms with Crippen LogP contribution in [0.2, 0.25) is 0 Å². The first kappa shape index (κ1) is 29.7. The van der Waals surface area contributed by atoms with E-state index in [1.807, 2.05) is 44.4 Å². The van der Waals surface area contributed by atoms with Gasteiger partial charge in [-0.2, -0.15) is 0 Å². The fourth-order valence-electron chi connectivity index (χ4n) is 2.40. The molecule has 1 aromatic rings. The lowest BCUT2D eigenvalue weighted by atomic mass is 10.3. The highest BCUT2D eigenvalue weighted by atomic mass is 16.6. The van der Waals surface area contributed by atoms with Crippen LogP contribution >= 0.6 is 0 Å². The van der Waals surface area contributed by atoms with Crippen LogP contribution in [-0.2, 0) is 33.2 Å². The summed E-state index contributed by atoms with van der Waals surface area (Å²) in [7, 11) is 4.04. The fourth-order valence-corrected chi connectivity index (χ4v) is 2.40. The van der Waals surface area contributed by atoms with E-state index in [2.05, 4.69) is 4.90 Å². The number of para-hydroxylation sites is 1. The third-order valence-electron chi connectivity index (χ3n) is 4.15. The molecule has 9 heteroatoms. The molecule has 0 amide bonds. The van der Waals surface area contributed by atoms with Crippen LogP contribution < -0.4 is 4.74 Å². The average Bonchev–Trinajstić information content (AvgIpc) is 2.82. The highest BCUT2D eigenvalue weighted by Gasteiger charge is 1.96. The molecule has 192 valence electrons. The minimum Gasteiger partial charge on any atom is -0.491 e. The quantitative estimate of drug-likeness (QED) is 0.197. The van der Waals surface area contributed by atoms with Crippen molar-refractivity contribution in [3.63, 3.8) is 0 Å². The van der Waals surface area contributed by atoms with Crippen LogP contribution in [0.1, 0.15) is 0 Å². The normalized spacial score (nSPS) is 11.4. The van der Waals surface area contributed by atoms with E-state index < -0.39 is 0 Å². The molecule has 0 fully saturated rings. The fraction of sp³-hybridized carbons (Fsp3) is 0.750. The van der Waals surface area contributed by atoms with Crippen LogP contribution in [0.5, 0.6) is 5.75 Å². The largest absolute Gasteiger partial charge is 0.491 e. The third kappa shape index (κ3) is 22.3. The molecule has 0 heterocycles. The van der Waals surface area contributed by atoms with Gasteiger partial charge in [-0.25, -0.2) is 0 Å². The zero-order valence-corrected chi connectivity index (χ0v) is 20.4. The number of hydrogen-bond acceptors (Lipinski definition) is 9. The first-order valence-corrected chi connectivity index (χ1v) is 11.7. The topological polar surface area (TPSA) is 77.1 Å². The summed E-state index contributed by atoms with van der Waals surface area (Å²) in [6.07, 6.45) is 0. The first-order chi connectivity index (χ1) is 16.3. The number of benzene rings is 1. The molecule has 9 nitrogen and oxygen atoms in total. The van der Waals surface area contributed by atoms with Gasteiger partial charge < -0.3 is 42.8 Å². The van der Waals surface area contributed by atoms with Crippen molar-refractivity contribution < 1.29 is 37.9 Å². The zero-order valence-electron chi connectivity index (χ0n) is 20.4. The molecule has 0 radical (unpaired) electrons. The Kier molecular flexibility index (Phi) is 21.5. The second-order valence-electron chi connectivity index (χ2n) is 7.25. The molecule has 1 aromatic carbocycles. The van der Waals surface area contributed by atoms with E-state index in [4.69, 9.17) is 37.9 Å². The molecule has 0 unspecified atom stereocenters. The van der Waals surface area contributed by atoms with Crippen LogP contribution in [0.3, 0.4) is 0 Å². The maximum Gasteiger partial charge on any atom is 0.119 e. The highest BCUT2D eigenvalue weighted by Crippen LogP contribution is 2.07. The second kappa shape index (κ2) is 23.8. The lowest BCUT2D eigenvalue weighted by Gasteiger charge is -2.10. The summed E-state index contributed by atoms with van der Waals surface area (Å²) in [5.74, 6) is 0.851. The molecule has 0 saturated heterocycles. The van der Waals surface area contributed by atoms with Gasteiger partial charge in [-0.3, -0.25) is 0 Å². The van der Waals surface area contributed by atoms with E-state index in [1.165, 1.54) is 0 Å². The predicted molar refractivity (Wildman–Crippen MR) is 126 cm³/mol. The predicted octanol–water partition coefficient (Wildman–Crippen LogP) is 1.74. The maximum atomic E-state index is 5.54. The number of nitrogens with zero attached hydrogens (tertiary/aromatic N) is 1.